The highest BCUT2D eigenvalue weighted by molar-refractivity contribution is 9.10. The predicted octanol–water partition coefficient (Wildman–Crippen LogP) is 3.99. The fraction of sp³-hybridized carbons (Fsp3) is 0.100. The van der Waals surface area contributed by atoms with E-state index >= 15 is 0 Å². The third-order valence-electron chi connectivity index (χ3n) is 4.40. The maximum absolute atomic E-state index is 13.1. The number of nitrogens with zero attached hydrogens (tertiary/aromatic N) is 4. The number of hydrogen-bond acceptors (Lipinski definition) is 6. The molecule has 0 bridgehead atoms. The van der Waals surface area contributed by atoms with Crippen molar-refractivity contribution in [2.24, 2.45) is 0 Å². The minimum Gasteiger partial charge on any atom is -0.335 e. The number of H-pyrrole nitrogens is 1. The molecular formula is C20H17BrFN7OS. The van der Waals surface area contributed by atoms with Crippen molar-refractivity contribution in [3.63, 3.8) is 0 Å². The molecule has 4 N–H and O–H groups in total. The predicted molar refractivity (Wildman–Crippen MR) is 121 cm³/mol. The minimum atomic E-state index is -0.317. The molecule has 2 aromatic heterocycles. The van der Waals surface area contributed by atoms with Gasteiger partial charge in [0.1, 0.15) is 11.5 Å². The number of halogens is 2. The highest BCUT2D eigenvalue weighted by atomic mass is 79.9. The molecule has 4 aromatic rings. The van der Waals surface area contributed by atoms with E-state index < -0.39 is 0 Å². The lowest BCUT2D eigenvalue weighted by Crippen LogP contribution is -2.16. The number of amides is 1. The summed E-state index contributed by atoms with van der Waals surface area (Å²) in [4.78, 5) is 12.3. The fourth-order valence-electron chi connectivity index (χ4n) is 2.81. The van der Waals surface area contributed by atoms with Gasteiger partial charge in [0.05, 0.1) is 11.4 Å². The van der Waals surface area contributed by atoms with E-state index in [9.17, 15) is 9.18 Å². The van der Waals surface area contributed by atoms with E-state index in [4.69, 9.17) is 5.84 Å². The maximum Gasteiger partial charge on any atom is 0.234 e. The second kappa shape index (κ2) is 8.90. The lowest BCUT2D eigenvalue weighted by atomic mass is 10.1. The third kappa shape index (κ3) is 4.78. The summed E-state index contributed by atoms with van der Waals surface area (Å²) in [5.74, 6) is 6.10. The molecule has 0 aliphatic carbocycles. The number of carbonyl (C=O) groups excluding carboxylic acids is 1. The van der Waals surface area contributed by atoms with Crippen LogP contribution in [-0.2, 0) is 4.79 Å². The molecule has 0 atom stereocenters. The molecule has 4 rings (SSSR count). The Labute approximate surface area is 189 Å². The molecule has 0 unspecified atom stereocenters. The van der Waals surface area contributed by atoms with E-state index in [2.05, 4.69) is 41.6 Å². The van der Waals surface area contributed by atoms with Gasteiger partial charge in [0.2, 0.25) is 16.9 Å². The largest absolute Gasteiger partial charge is 0.335 e. The van der Waals surface area contributed by atoms with Crippen LogP contribution in [0, 0.1) is 12.7 Å². The zero-order valence-corrected chi connectivity index (χ0v) is 18.7. The summed E-state index contributed by atoms with van der Waals surface area (Å²) in [6.07, 6.45) is 0. The molecule has 8 nitrogen and oxygen atoms in total. The van der Waals surface area contributed by atoms with Crippen molar-refractivity contribution in [1.29, 1.82) is 0 Å². The van der Waals surface area contributed by atoms with E-state index in [1.807, 2.05) is 25.1 Å². The average Bonchev–Trinajstić information content (AvgIpc) is 3.36. The van der Waals surface area contributed by atoms with Crippen LogP contribution in [-0.4, -0.2) is 36.7 Å². The van der Waals surface area contributed by atoms with Gasteiger partial charge in [-0.3, -0.25) is 9.89 Å². The zero-order valence-electron chi connectivity index (χ0n) is 16.3. The molecular weight excluding hydrogens is 485 g/mol. The van der Waals surface area contributed by atoms with E-state index in [0.717, 1.165) is 15.6 Å². The lowest BCUT2D eigenvalue weighted by molar-refractivity contribution is -0.113. The number of hydrogen-bond donors (Lipinski definition) is 3. The summed E-state index contributed by atoms with van der Waals surface area (Å²) in [5.41, 5.74) is 3.66. The van der Waals surface area contributed by atoms with Gasteiger partial charge in [-0.15, -0.1) is 10.2 Å². The Morgan fingerprint density at radius 2 is 2.00 bits per heavy atom. The maximum atomic E-state index is 13.1. The van der Waals surface area contributed by atoms with Crippen LogP contribution in [0.3, 0.4) is 0 Å². The molecule has 11 heteroatoms. The third-order valence-corrected chi connectivity index (χ3v) is 6.23. The van der Waals surface area contributed by atoms with Crippen LogP contribution < -0.4 is 11.2 Å². The van der Waals surface area contributed by atoms with Gasteiger partial charge in [0, 0.05) is 15.7 Å². The van der Waals surface area contributed by atoms with Crippen LogP contribution in [0.15, 0.2) is 58.2 Å². The van der Waals surface area contributed by atoms with Crippen LogP contribution in [0.2, 0.25) is 0 Å². The molecule has 0 aliphatic rings. The van der Waals surface area contributed by atoms with Crippen molar-refractivity contribution < 1.29 is 9.18 Å². The summed E-state index contributed by atoms with van der Waals surface area (Å²) in [5, 5.41) is 18.4. The molecule has 0 saturated carbocycles. The first-order valence-electron chi connectivity index (χ1n) is 9.12. The summed E-state index contributed by atoms with van der Waals surface area (Å²) in [6, 6.07) is 13.3. The molecule has 2 heterocycles. The van der Waals surface area contributed by atoms with Crippen LogP contribution in [0.25, 0.3) is 22.8 Å². The Hall–Kier alpha value is -3.18. The first kappa shape index (κ1) is 21.1. The highest BCUT2D eigenvalue weighted by Crippen LogP contribution is 2.25. The average molecular weight is 502 g/mol. The monoisotopic (exact) mass is 501 g/mol. The zero-order chi connectivity index (χ0) is 22.0. The number of aromatic amines is 1. The number of nitrogens with two attached hydrogens (primary N) is 1. The first-order chi connectivity index (χ1) is 14.9. The Morgan fingerprint density at radius 3 is 2.74 bits per heavy atom. The minimum absolute atomic E-state index is 0.119. The van der Waals surface area contributed by atoms with Crippen molar-refractivity contribution in [3.8, 4) is 22.8 Å². The number of nitrogen functional groups attached to an aromatic ring is 1. The van der Waals surface area contributed by atoms with E-state index in [-0.39, 0.29) is 17.5 Å². The van der Waals surface area contributed by atoms with Crippen LogP contribution in [0.4, 0.5) is 10.1 Å². The van der Waals surface area contributed by atoms with E-state index in [1.54, 1.807) is 18.2 Å². The van der Waals surface area contributed by atoms with Gasteiger partial charge in [0.25, 0.3) is 0 Å². The van der Waals surface area contributed by atoms with Crippen LogP contribution in [0.5, 0.6) is 0 Å². The van der Waals surface area contributed by atoms with Gasteiger partial charge in [-0.2, -0.15) is 5.10 Å². The second-order valence-electron chi connectivity index (χ2n) is 6.65. The Kier molecular flexibility index (Phi) is 6.05. The number of aromatic nitrogens is 5. The molecule has 1 amide bonds. The molecule has 0 radical (unpaired) electrons. The summed E-state index contributed by atoms with van der Waals surface area (Å²) < 4.78 is 15.4. The molecule has 31 heavy (non-hydrogen) atoms. The van der Waals surface area contributed by atoms with E-state index in [1.165, 1.54) is 28.6 Å². The lowest BCUT2D eigenvalue weighted by Gasteiger charge is -2.07. The van der Waals surface area contributed by atoms with Crippen molar-refractivity contribution in [2.75, 3.05) is 16.9 Å². The van der Waals surface area contributed by atoms with Gasteiger partial charge in [-0.1, -0.05) is 27.7 Å². The fourth-order valence-corrected chi connectivity index (χ4v) is 3.72. The number of rotatable bonds is 6. The number of carbonyl (C=O) groups is 1. The molecule has 158 valence electrons. The van der Waals surface area contributed by atoms with Crippen molar-refractivity contribution in [2.45, 2.75) is 12.1 Å². The normalized spacial score (nSPS) is 10.9. The van der Waals surface area contributed by atoms with Gasteiger partial charge in [-0.25, -0.2) is 9.07 Å². The number of nitrogens with one attached hydrogen (secondary N) is 2. The van der Waals surface area contributed by atoms with Gasteiger partial charge in [0.15, 0.2) is 0 Å². The van der Waals surface area contributed by atoms with Crippen molar-refractivity contribution >= 4 is 39.3 Å². The van der Waals surface area contributed by atoms with Gasteiger partial charge >= 0.3 is 0 Å². The van der Waals surface area contributed by atoms with Crippen LogP contribution >= 0.6 is 27.7 Å². The van der Waals surface area contributed by atoms with Crippen molar-refractivity contribution in [3.05, 3.63) is 64.4 Å². The smallest absolute Gasteiger partial charge is 0.234 e. The van der Waals surface area contributed by atoms with Crippen molar-refractivity contribution in [1.82, 2.24) is 25.1 Å². The summed E-state index contributed by atoms with van der Waals surface area (Å²) in [6.45, 7) is 1.95. The molecule has 0 fully saturated rings. The molecule has 0 aliphatic heterocycles. The van der Waals surface area contributed by atoms with Crippen LogP contribution in [0.1, 0.15) is 5.56 Å². The highest BCUT2D eigenvalue weighted by Gasteiger charge is 2.16. The summed E-state index contributed by atoms with van der Waals surface area (Å²) in [7, 11) is 0. The Bertz CT molecular complexity index is 1240. The topological polar surface area (TPSA) is 115 Å². The summed E-state index contributed by atoms with van der Waals surface area (Å²) >= 11 is 4.60. The van der Waals surface area contributed by atoms with Gasteiger partial charge in [-0.05, 0) is 61.0 Å². The molecule has 2 aromatic carbocycles. The Morgan fingerprint density at radius 1 is 1.23 bits per heavy atom. The number of aryl methyl sites for hydroxylation is 1. The standard InChI is InChI=1S/C20H17BrFN7OS/c1-11-8-14(6-7-15(11)21)24-18(30)10-31-20-28-27-19(29(20)23)17-9-16(25-26-17)12-2-4-13(22)5-3-12/h2-9H,10,23H2,1H3,(H,24,30)(H,25,26). The SMILES string of the molecule is Cc1cc(NC(=O)CSc2nnc(-c3cc(-c4ccc(F)cc4)n[nH]3)n2N)ccc1Br. The number of benzene rings is 2. The van der Waals surface area contributed by atoms with E-state index in [0.29, 0.717) is 28.1 Å². The second-order valence-corrected chi connectivity index (χ2v) is 8.45. The van der Waals surface area contributed by atoms with Gasteiger partial charge < -0.3 is 11.2 Å². The molecule has 0 spiro atoms. The first-order valence-corrected chi connectivity index (χ1v) is 10.9. The molecule has 0 saturated heterocycles. The number of thioether (sulfide) groups is 1. The Balaban J connectivity index is 1.42. The quantitative estimate of drug-likeness (QED) is 0.271. The number of anilines is 1.